The molecule has 0 aromatic heterocycles. The van der Waals surface area contributed by atoms with Crippen molar-refractivity contribution in [3.63, 3.8) is 0 Å². The van der Waals surface area contributed by atoms with Crippen molar-refractivity contribution < 1.29 is 9.18 Å². The first-order valence-corrected chi connectivity index (χ1v) is 7.32. The molecule has 0 saturated carbocycles. The zero-order chi connectivity index (χ0) is 15.4. The molecule has 0 saturated heterocycles. The maximum Gasteiger partial charge on any atom is 0.226 e. The topological polar surface area (TPSA) is 55.1 Å². The maximum atomic E-state index is 13.3. The fraction of sp³-hybridized carbons (Fsp3) is 0.188. The van der Waals surface area contributed by atoms with Crippen molar-refractivity contribution in [1.29, 1.82) is 0 Å². The van der Waals surface area contributed by atoms with Crippen LogP contribution in [0.3, 0.4) is 0 Å². The lowest BCUT2D eigenvalue weighted by Gasteiger charge is -2.13. The number of aryl methyl sites for hydroxylation is 1. The molecule has 0 aliphatic carbocycles. The summed E-state index contributed by atoms with van der Waals surface area (Å²) in [5.74, 6) is -0.556. The predicted octanol–water partition coefficient (Wildman–Crippen LogP) is 3.93. The van der Waals surface area contributed by atoms with Crippen LogP contribution in [0.25, 0.3) is 0 Å². The number of carbonyl (C=O) groups excluding carboxylic acids is 1. The third-order valence-corrected chi connectivity index (χ3v) is 3.78. The Hall–Kier alpha value is -1.72. The van der Waals surface area contributed by atoms with Gasteiger partial charge in [-0.15, -0.1) is 0 Å². The van der Waals surface area contributed by atoms with Crippen LogP contribution in [-0.4, -0.2) is 5.91 Å². The van der Waals surface area contributed by atoms with Crippen LogP contribution in [0.2, 0.25) is 0 Å². The van der Waals surface area contributed by atoms with Crippen molar-refractivity contribution in [2.75, 3.05) is 5.32 Å². The molecule has 0 bridgehead atoms. The molecule has 1 atom stereocenters. The van der Waals surface area contributed by atoms with Crippen LogP contribution >= 0.6 is 15.9 Å². The van der Waals surface area contributed by atoms with Gasteiger partial charge in [-0.05, 0) is 46.1 Å². The molecular weight excluding hydrogens is 335 g/mol. The van der Waals surface area contributed by atoms with Crippen LogP contribution in [0.1, 0.15) is 23.6 Å². The number of hydrogen-bond acceptors (Lipinski definition) is 2. The Kier molecular flexibility index (Phi) is 5.09. The molecule has 1 unspecified atom stereocenters. The van der Waals surface area contributed by atoms with E-state index in [1.54, 1.807) is 13.0 Å². The Morgan fingerprint density at radius 2 is 2.00 bits per heavy atom. The molecule has 3 nitrogen and oxygen atoms in total. The lowest BCUT2D eigenvalue weighted by atomic mass is 10.0. The van der Waals surface area contributed by atoms with Crippen LogP contribution in [0.5, 0.6) is 0 Å². The van der Waals surface area contributed by atoms with Gasteiger partial charge in [0, 0.05) is 18.2 Å². The highest BCUT2D eigenvalue weighted by molar-refractivity contribution is 9.10. The number of nitrogens with one attached hydrogen (secondary N) is 1. The molecule has 2 rings (SSSR count). The molecule has 1 amide bonds. The van der Waals surface area contributed by atoms with Crippen LogP contribution in [0.4, 0.5) is 10.1 Å². The highest BCUT2D eigenvalue weighted by Crippen LogP contribution is 2.25. The minimum atomic E-state index is -0.365. The number of anilines is 1. The van der Waals surface area contributed by atoms with E-state index in [9.17, 15) is 9.18 Å². The normalized spacial score (nSPS) is 12.0. The summed E-state index contributed by atoms with van der Waals surface area (Å²) in [5, 5.41) is 2.76. The molecule has 0 fully saturated rings. The highest BCUT2D eigenvalue weighted by Gasteiger charge is 2.13. The zero-order valence-corrected chi connectivity index (χ0v) is 13.2. The molecule has 0 aliphatic heterocycles. The van der Waals surface area contributed by atoms with Crippen molar-refractivity contribution in [1.82, 2.24) is 0 Å². The molecule has 5 heteroatoms. The van der Waals surface area contributed by atoms with Crippen molar-refractivity contribution in [2.45, 2.75) is 19.4 Å². The van der Waals surface area contributed by atoms with Crippen LogP contribution in [0, 0.1) is 12.7 Å². The van der Waals surface area contributed by atoms with Gasteiger partial charge in [0.2, 0.25) is 5.91 Å². The van der Waals surface area contributed by atoms with E-state index in [0.717, 1.165) is 5.56 Å². The Balaban J connectivity index is 2.04. The molecular formula is C16H16BrFN2O. The van der Waals surface area contributed by atoms with Gasteiger partial charge in [-0.3, -0.25) is 4.79 Å². The number of carbonyl (C=O) groups is 1. The second-order valence-corrected chi connectivity index (χ2v) is 5.71. The lowest BCUT2D eigenvalue weighted by molar-refractivity contribution is -0.116. The highest BCUT2D eigenvalue weighted by atomic mass is 79.9. The van der Waals surface area contributed by atoms with E-state index < -0.39 is 0 Å². The molecule has 2 aromatic carbocycles. The maximum absolute atomic E-state index is 13.3. The summed E-state index contributed by atoms with van der Waals surface area (Å²) in [4.78, 5) is 12.0. The number of amides is 1. The Morgan fingerprint density at radius 1 is 1.33 bits per heavy atom. The fourth-order valence-electron chi connectivity index (χ4n) is 2.00. The van der Waals surface area contributed by atoms with Gasteiger partial charge in [-0.25, -0.2) is 4.39 Å². The average molecular weight is 351 g/mol. The Bertz CT molecular complexity index is 646. The van der Waals surface area contributed by atoms with Gasteiger partial charge in [0.05, 0.1) is 4.47 Å². The quantitative estimate of drug-likeness (QED) is 0.877. The summed E-state index contributed by atoms with van der Waals surface area (Å²) in [5.41, 5.74) is 8.16. The predicted molar refractivity (Wildman–Crippen MR) is 85.5 cm³/mol. The van der Waals surface area contributed by atoms with E-state index in [-0.39, 0.29) is 24.2 Å². The third kappa shape index (κ3) is 4.12. The Morgan fingerprint density at radius 3 is 2.67 bits per heavy atom. The summed E-state index contributed by atoms with van der Waals surface area (Å²) in [7, 11) is 0. The molecule has 0 spiro atoms. The van der Waals surface area contributed by atoms with E-state index in [4.69, 9.17) is 5.73 Å². The lowest BCUT2D eigenvalue weighted by Crippen LogP contribution is -2.21. The van der Waals surface area contributed by atoms with E-state index >= 15 is 0 Å². The van der Waals surface area contributed by atoms with Gasteiger partial charge >= 0.3 is 0 Å². The van der Waals surface area contributed by atoms with E-state index in [0.29, 0.717) is 15.7 Å². The van der Waals surface area contributed by atoms with Gasteiger partial charge in [0.1, 0.15) is 5.82 Å². The minimum Gasteiger partial charge on any atom is -0.326 e. The summed E-state index contributed by atoms with van der Waals surface area (Å²) >= 11 is 3.11. The standard InChI is InChI=1S/C16H16BrFN2O/c1-10-7-13(18)12(17)8-15(10)20-16(21)9-14(19)11-5-3-2-4-6-11/h2-8,14H,9,19H2,1H3,(H,20,21). The second kappa shape index (κ2) is 6.83. The first-order valence-electron chi connectivity index (χ1n) is 6.53. The number of nitrogens with two attached hydrogens (primary N) is 1. The summed E-state index contributed by atoms with van der Waals surface area (Å²) in [6.45, 7) is 1.74. The van der Waals surface area contributed by atoms with E-state index in [1.165, 1.54) is 6.07 Å². The minimum absolute atomic E-state index is 0.165. The molecule has 110 valence electrons. The van der Waals surface area contributed by atoms with Gasteiger partial charge in [0.25, 0.3) is 0 Å². The monoisotopic (exact) mass is 350 g/mol. The van der Waals surface area contributed by atoms with Crippen LogP contribution in [0.15, 0.2) is 46.9 Å². The zero-order valence-electron chi connectivity index (χ0n) is 11.6. The van der Waals surface area contributed by atoms with Gasteiger partial charge in [-0.2, -0.15) is 0 Å². The second-order valence-electron chi connectivity index (χ2n) is 4.85. The van der Waals surface area contributed by atoms with Crippen molar-refractivity contribution in [3.8, 4) is 0 Å². The van der Waals surface area contributed by atoms with Gasteiger partial charge in [-0.1, -0.05) is 30.3 Å². The summed E-state index contributed by atoms with van der Waals surface area (Å²) in [6, 6.07) is 12.0. The summed E-state index contributed by atoms with van der Waals surface area (Å²) < 4.78 is 13.7. The third-order valence-electron chi connectivity index (χ3n) is 3.17. The van der Waals surface area contributed by atoms with Gasteiger partial charge < -0.3 is 11.1 Å². The smallest absolute Gasteiger partial charge is 0.226 e. The van der Waals surface area contributed by atoms with E-state index in [1.807, 2.05) is 30.3 Å². The molecule has 0 aliphatic rings. The molecule has 2 aromatic rings. The fourth-order valence-corrected chi connectivity index (χ4v) is 2.34. The number of hydrogen-bond donors (Lipinski definition) is 2. The SMILES string of the molecule is Cc1cc(F)c(Br)cc1NC(=O)CC(N)c1ccccc1. The van der Waals surface area contributed by atoms with Crippen molar-refractivity contribution in [3.05, 3.63) is 63.9 Å². The largest absolute Gasteiger partial charge is 0.326 e. The van der Waals surface area contributed by atoms with E-state index in [2.05, 4.69) is 21.2 Å². The number of halogens is 2. The average Bonchev–Trinajstić information content (AvgIpc) is 2.45. The molecule has 0 radical (unpaired) electrons. The number of rotatable bonds is 4. The van der Waals surface area contributed by atoms with Crippen LogP contribution in [-0.2, 0) is 4.79 Å². The molecule has 21 heavy (non-hydrogen) atoms. The first kappa shape index (κ1) is 15.7. The van der Waals surface area contributed by atoms with Gasteiger partial charge in [0.15, 0.2) is 0 Å². The first-order chi connectivity index (χ1) is 9.97. The molecule has 0 heterocycles. The number of benzene rings is 2. The van der Waals surface area contributed by atoms with Crippen molar-refractivity contribution >= 4 is 27.5 Å². The Labute approximate surface area is 131 Å². The molecule has 3 N–H and O–H groups in total. The van der Waals surface area contributed by atoms with Crippen LogP contribution < -0.4 is 11.1 Å². The van der Waals surface area contributed by atoms with Crippen molar-refractivity contribution in [2.24, 2.45) is 5.73 Å². The summed E-state index contributed by atoms with van der Waals surface area (Å²) in [6.07, 6.45) is 0.165.